The highest BCUT2D eigenvalue weighted by Crippen LogP contribution is 2.26. The van der Waals surface area contributed by atoms with Gasteiger partial charge in [-0.1, -0.05) is 0 Å². The molecule has 1 fully saturated rings. The minimum atomic E-state index is -0.706. The van der Waals surface area contributed by atoms with E-state index in [4.69, 9.17) is 4.74 Å². The van der Waals surface area contributed by atoms with E-state index in [9.17, 15) is 14.4 Å². The number of amides is 1. The summed E-state index contributed by atoms with van der Waals surface area (Å²) >= 11 is 0. The average Bonchev–Trinajstić information content (AvgIpc) is 3.05. The third kappa shape index (κ3) is 4.75. The van der Waals surface area contributed by atoms with Gasteiger partial charge in [0, 0.05) is 30.8 Å². The van der Waals surface area contributed by atoms with Gasteiger partial charge in [-0.2, -0.15) is 0 Å². The minimum Gasteiger partial charge on any atom is -0.496 e. The van der Waals surface area contributed by atoms with Crippen molar-refractivity contribution in [3.63, 3.8) is 0 Å². The van der Waals surface area contributed by atoms with E-state index in [0.29, 0.717) is 30.9 Å². The molecule has 0 aromatic heterocycles. The van der Waals surface area contributed by atoms with Crippen molar-refractivity contribution in [2.45, 2.75) is 19.4 Å². The number of hydrogen-bond acceptors (Lipinski definition) is 7. The van der Waals surface area contributed by atoms with Crippen LogP contribution in [0.25, 0.3) is 0 Å². The Labute approximate surface area is 151 Å². The van der Waals surface area contributed by atoms with Gasteiger partial charge in [-0.15, -0.1) is 0 Å². The van der Waals surface area contributed by atoms with Crippen LogP contribution in [0.5, 0.6) is 5.75 Å². The van der Waals surface area contributed by atoms with Gasteiger partial charge in [-0.3, -0.25) is 4.79 Å². The lowest BCUT2D eigenvalue weighted by atomic mass is 10.1. The van der Waals surface area contributed by atoms with E-state index < -0.39 is 11.9 Å². The molecule has 26 heavy (non-hydrogen) atoms. The molecule has 0 atom stereocenters. The van der Waals surface area contributed by atoms with E-state index in [-0.39, 0.29) is 11.6 Å². The van der Waals surface area contributed by atoms with Crippen LogP contribution in [0.2, 0.25) is 0 Å². The summed E-state index contributed by atoms with van der Waals surface area (Å²) in [5.41, 5.74) is 1.27. The maximum Gasteiger partial charge on any atom is 0.354 e. The number of benzene rings is 1. The fraction of sp³-hybridized carbons (Fsp3) is 0.389. The van der Waals surface area contributed by atoms with Gasteiger partial charge in [0.15, 0.2) is 0 Å². The summed E-state index contributed by atoms with van der Waals surface area (Å²) in [6.07, 6.45) is 2.40. The first-order valence-corrected chi connectivity index (χ1v) is 8.08. The molecule has 0 radical (unpaired) electrons. The van der Waals surface area contributed by atoms with E-state index in [0.717, 1.165) is 18.1 Å². The normalized spacial score (nSPS) is 14.2. The molecule has 8 heteroatoms. The molecule has 1 aliphatic heterocycles. The highest BCUT2D eigenvalue weighted by atomic mass is 16.5. The van der Waals surface area contributed by atoms with E-state index in [1.54, 1.807) is 30.2 Å². The second kappa shape index (κ2) is 8.89. The van der Waals surface area contributed by atoms with E-state index in [2.05, 4.69) is 14.8 Å². The van der Waals surface area contributed by atoms with Crippen molar-refractivity contribution in [2.75, 3.05) is 33.2 Å². The Hall–Kier alpha value is -3.03. The molecule has 0 saturated carbocycles. The number of anilines is 1. The Balaban J connectivity index is 2.26. The zero-order valence-electron chi connectivity index (χ0n) is 15.0. The standard InChI is InChI=1S/C18H22N2O6/c1-24-15-7-6-13(9-12(15)11-20-8-4-5-16(20)21)19-14(18(23)26-3)10-17(22)25-2/h6-7,9-10,19H,4-5,8,11H2,1-3H3/b14-10+. The number of hydrogen-bond donors (Lipinski definition) is 1. The first-order valence-electron chi connectivity index (χ1n) is 8.08. The Kier molecular flexibility index (Phi) is 6.60. The number of esters is 2. The van der Waals surface area contributed by atoms with Gasteiger partial charge >= 0.3 is 11.9 Å². The third-order valence-electron chi connectivity index (χ3n) is 3.96. The largest absolute Gasteiger partial charge is 0.496 e. The summed E-state index contributed by atoms with van der Waals surface area (Å²) in [5, 5.41) is 2.85. The van der Waals surface area contributed by atoms with Crippen LogP contribution in [0.15, 0.2) is 30.0 Å². The van der Waals surface area contributed by atoms with Gasteiger partial charge in [-0.25, -0.2) is 9.59 Å². The van der Waals surface area contributed by atoms with Gasteiger partial charge in [0.05, 0.1) is 27.4 Å². The molecular weight excluding hydrogens is 340 g/mol. The van der Waals surface area contributed by atoms with Crippen LogP contribution in [0.4, 0.5) is 5.69 Å². The molecule has 0 unspecified atom stereocenters. The molecule has 0 spiro atoms. The summed E-state index contributed by atoms with van der Waals surface area (Å²) < 4.78 is 14.6. The van der Waals surface area contributed by atoms with Gasteiger partial charge in [0.2, 0.25) is 5.91 Å². The molecule has 0 bridgehead atoms. The molecule has 8 nitrogen and oxygen atoms in total. The molecular formula is C18H22N2O6. The first-order chi connectivity index (χ1) is 12.5. The molecule has 1 heterocycles. The third-order valence-corrected chi connectivity index (χ3v) is 3.96. The molecule has 140 valence electrons. The summed E-state index contributed by atoms with van der Waals surface area (Å²) in [6, 6.07) is 5.19. The number of carbonyl (C=O) groups is 3. The van der Waals surface area contributed by atoms with Crippen LogP contribution in [0, 0.1) is 0 Å². The molecule has 1 aromatic carbocycles. The number of methoxy groups -OCH3 is 3. The van der Waals surface area contributed by atoms with Crippen LogP contribution >= 0.6 is 0 Å². The summed E-state index contributed by atoms with van der Waals surface area (Å²) in [4.78, 5) is 36.9. The average molecular weight is 362 g/mol. The zero-order valence-corrected chi connectivity index (χ0v) is 15.0. The molecule has 0 aliphatic carbocycles. The summed E-state index contributed by atoms with van der Waals surface area (Å²) in [5.74, 6) is -0.658. The minimum absolute atomic E-state index is 0.0623. The maximum atomic E-state index is 11.9. The van der Waals surface area contributed by atoms with Crippen molar-refractivity contribution in [3.05, 3.63) is 35.5 Å². The quantitative estimate of drug-likeness (QED) is 0.580. The Morgan fingerprint density at radius 3 is 2.58 bits per heavy atom. The zero-order chi connectivity index (χ0) is 19.1. The van der Waals surface area contributed by atoms with Crippen molar-refractivity contribution in [3.8, 4) is 5.75 Å². The molecule has 1 aromatic rings. The van der Waals surface area contributed by atoms with Crippen molar-refractivity contribution < 1.29 is 28.6 Å². The predicted octanol–water partition coefficient (Wildman–Crippen LogP) is 1.46. The molecule has 2 rings (SSSR count). The van der Waals surface area contributed by atoms with Gasteiger partial charge < -0.3 is 24.4 Å². The number of nitrogens with zero attached hydrogens (tertiary/aromatic N) is 1. The second-order valence-corrected chi connectivity index (χ2v) is 5.64. The fourth-order valence-corrected chi connectivity index (χ4v) is 2.64. The lowest BCUT2D eigenvalue weighted by molar-refractivity contribution is -0.138. The smallest absolute Gasteiger partial charge is 0.354 e. The topological polar surface area (TPSA) is 94.2 Å². The number of carbonyl (C=O) groups excluding carboxylic acids is 3. The highest BCUT2D eigenvalue weighted by molar-refractivity contribution is 5.98. The van der Waals surface area contributed by atoms with E-state index >= 15 is 0 Å². The van der Waals surface area contributed by atoms with Crippen molar-refractivity contribution in [1.82, 2.24) is 4.90 Å². The maximum absolute atomic E-state index is 11.9. The van der Waals surface area contributed by atoms with Gasteiger partial charge in [-0.05, 0) is 24.6 Å². The SMILES string of the molecule is COC(=O)/C=C(/Nc1ccc(OC)c(CN2CCCC2=O)c1)C(=O)OC. The van der Waals surface area contributed by atoms with Crippen molar-refractivity contribution in [1.29, 1.82) is 0 Å². The Morgan fingerprint density at radius 1 is 1.23 bits per heavy atom. The number of ether oxygens (including phenoxy) is 3. The number of nitrogens with one attached hydrogen (secondary N) is 1. The number of likely N-dealkylation sites (tertiary alicyclic amines) is 1. The Bertz CT molecular complexity index is 728. The number of rotatable bonds is 7. The highest BCUT2D eigenvalue weighted by Gasteiger charge is 2.22. The summed E-state index contributed by atoms with van der Waals surface area (Å²) in [7, 11) is 3.98. The molecule has 1 amide bonds. The van der Waals surface area contributed by atoms with E-state index in [1.807, 2.05) is 0 Å². The van der Waals surface area contributed by atoms with Crippen LogP contribution in [-0.4, -0.2) is 50.6 Å². The van der Waals surface area contributed by atoms with Crippen molar-refractivity contribution >= 4 is 23.5 Å². The van der Waals surface area contributed by atoms with Crippen LogP contribution in [0.3, 0.4) is 0 Å². The molecule has 1 saturated heterocycles. The monoisotopic (exact) mass is 362 g/mol. The lowest BCUT2D eigenvalue weighted by Gasteiger charge is -2.19. The van der Waals surface area contributed by atoms with Crippen LogP contribution in [0.1, 0.15) is 18.4 Å². The van der Waals surface area contributed by atoms with Gasteiger partial charge in [0.1, 0.15) is 11.4 Å². The van der Waals surface area contributed by atoms with Gasteiger partial charge in [0.25, 0.3) is 0 Å². The Morgan fingerprint density at radius 2 is 2.00 bits per heavy atom. The lowest BCUT2D eigenvalue weighted by Crippen LogP contribution is -2.24. The van der Waals surface area contributed by atoms with E-state index in [1.165, 1.54) is 14.2 Å². The van der Waals surface area contributed by atoms with Crippen LogP contribution < -0.4 is 10.1 Å². The fourth-order valence-electron chi connectivity index (χ4n) is 2.64. The molecule has 1 N–H and O–H groups in total. The van der Waals surface area contributed by atoms with Crippen LogP contribution in [-0.2, 0) is 30.4 Å². The van der Waals surface area contributed by atoms with Crippen molar-refractivity contribution in [2.24, 2.45) is 0 Å². The second-order valence-electron chi connectivity index (χ2n) is 5.64. The predicted molar refractivity (Wildman–Crippen MR) is 93.4 cm³/mol. The summed E-state index contributed by atoms with van der Waals surface area (Å²) in [6.45, 7) is 1.11. The molecule has 1 aliphatic rings. The first kappa shape index (κ1) is 19.3.